The number of nitrogens with zero attached hydrogens (tertiary/aromatic N) is 3. The van der Waals surface area contributed by atoms with Gasteiger partial charge in [0.1, 0.15) is 17.6 Å². The number of ether oxygens (including phenoxy) is 6. The van der Waals surface area contributed by atoms with Gasteiger partial charge in [-0.3, -0.25) is 19.7 Å². The number of nitro groups is 1. The number of hydrogen-bond donors (Lipinski definition) is 2. The van der Waals surface area contributed by atoms with Crippen molar-refractivity contribution in [2.75, 3.05) is 54.2 Å². The van der Waals surface area contributed by atoms with Crippen LogP contribution in [0, 0.1) is 10.1 Å². The molecule has 53 heavy (non-hydrogen) atoms. The van der Waals surface area contributed by atoms with E-state index in [0.717, 1.165) is 30.9 Å². The molecule has 0 saturated carbocycles. The SMILES string of the molecule is CCCCOc1cc(C(=O)N2C[C@H](O)C[C@H]2C(=O)OC)ccc1OCCCCCOc1cc([N+](=O)[O-])c(C(=O)N2C[C@H](O)C[C@H]2C(=O)OC)cc1OC. The van der Waals surface area contributed by atoms with Crippen LogP contribution in [-0.2, 0) is 19.1 Å². The molecule has 0 radical (unpaired) electrons. The van der Waals surface area contributed by atoms with Gasteiger partial charge in [-0.05, 0) is 43.9 Å². The minimum absolute atomic E-state index is 0.00459. The predicted molar refractivity (Wildman–Crippen MR) is 186 cm³/mol. The number of hydrogen-bond acceptors (Lipinski definition) is 14. The van der Waals surface area contributed by atoms with Gasteiger partial charge in [0.2, 0.25) is 0 Å². The first kappa shape index (κ1) is 40.6. The van der Waals surface area contributed by atoms with Crippen LogP contribution >= 0.6 is 0 Å². The Hall–Kier alpha value is -5.16. The fourth-order valence-electron chi connectivity index (χ4n) is 6.20. The molecule has 2 saturated heterocycles. The van der Waals surface area contributed by atoms with Crippen LogP contribution in [-0.4, -0.2) is 127 Å². The number of aliphatic hydroxyl groups is 2. The molecule has 2 N–H and O–H groups in total. The third-order valence-corrected chi connectivity index (χ3v) is 8.99. The molecule has 0 aromatic heterocycles. The van der Waals surface area contributed by atoms with Crippen LogP contribution in [0.2, 0.25) is 0 Å². The lowest BCUT2D eigenvalue weighted by atomic mass is 10.1. The highest BCUT2D eigenvalue weighted by atomic mass is 16.6. The number of carbonyl (C=O) groups is 4. The molecule has 290 valence electrons. The van der Waals surface area contributed by atoms with Gasteiger partial charge in [0.25, 0.3) is 17.5 Å². The zero-order valence-corrected chi connectivity index (χ0v) is 30.3. The maximum absolute atomic E-state index is 13.4. The van der Waals surface area contributed by atoms with E-state index in [-0.39, 0.29) is 55.2 Å². The van der Waals surface area contributed by atoms with Crippen molar-refractivity contribution in [3.63, 3.8) is 0 Å². The summed E-state index contributed by atoms with van der Waals surface area (Å²) in [6, 6.07) is 5.09. The Morgan fingerprint density at radius 1 is 0.736 bits per heavy atom. The van der Waals surface area contributed by atoms with Gasteiger partial charge in [-0.25, -0.2) is 9.59 Å². The number of likely N-dealkylation sites (tertiary alicyclic amines) is 2. The van der Waals surface area contributed by atoms with Crippen molar-refractivity contribution in [2.45, 2.75) is 76.2 Å². The van der Waals surface area contributed by atoms with E-state index in [0.29, 0.717) is 44.0 Å². The number of benzene rings is 2. The van der Waals surface area contributed by atoms with Gasteiger partial charge in [0, 0.05) is 37.6 Å². The number of esters is 2. The molecular weight excluding hydrogens is 698 g/mol. The highest BCUT2D eigenvalue weighted by Gasteiger charge is 2.42. The molecule has 2 aromatic carbocycles. The molecule has 0 unspecified atom stereocenters. The van der Waals surface area contributed by atoms with E-state index in [1.807, 2.05) is 6.92 Å². The molecule has 4 rings (SSSR count). The third kappa shape index (κ3) is 10.0. The van der Waals surface area contributed by atoms with Crippen LogP contribution < -0.4 is 18.9 Å². The molecular formula is C36H47N3O14. The highest BCUT2D eigenvalue weighted by Crippen LogP contribution is 2.37. The van der Waals surface area contributed by atoms with E-state index < -0.39 is 58.7 Å². The van der Waals surface area contributed by atoms with Crippen LogP contribution in [0.15, 0.2) is 30.3 Å². The van der Waals surface area contributed by atoms with Gasteiger partial charge < -0.3 is 48.4 Å². The van der Waals surface area contributed by atoms with E-state index in [2.05, 4.69) is 0 Å². The minimum Gasteiger partial charge on any atom is -0.493 e. The topological polar surface area (TPSA) is 214 Å². The normalized spacial score (nSPS) is 19.4. The number of aliphatic hydroxyl groups excluding tert-OH is 2. The van der Waals surface area contributed by atoms with E-state index in [1.165, 1.54) is 25.2 Å². The number of β-amino-alcohol motifs (C(OH)–C–C–N with tert-alkyl or cyclic N) is 2. The number of methoxy groups -OCH3 is 3. The average molecular weight is 746 g/mol. The molecule has 2 amide bonds. The summed E-state index contributed by atoms with van der Waals surface area (Å²) in [6.45, 7) is 2.72. The van der Waals surface area contributed by atoms with Gasteiger partial charge in [-0.1, -0.05) is 13.3 Å². The average Bonchev–Trinajstić information content (AvgIpc) is 3.75. The first-order valence-corrected chi connectivity index (χ1v) is 17.5. The summed E-state index contributed by atoms with van der Waals surface area (Å²) in [5.74, 6) is -1.65. The molecule has 2 fully saturated rings. The zero-order valence-electron chi connectivity index (χ0n) is 30.3. The number of carbonyl (C=O) groups excluding carboxylic acids is 4. The van der Waals surface area contributed by atoms with Gasteiger partial charge in [0.15, 0.2) is 23.0 Å². The van der Waals surface area contributed by atoms with Crippen LogP contribution in [0.5, 0.6) is 23.0 Å². The standard InChI is InChI=1S/C36H47N3O14/c1-5-6-12-52-31-15-22(33(42)37-20-23(40)16-27(37)35(44)49-3)10-11-29(31)51-13-8-7-9-14-53-32-19-26(39(46)47)25(18-30(32)48-2)34(43)38-21-24(41)17-28(38)36(45)50-4/h10-11,15,18-19,23-24,27-28,40-41H,5-9,12-14,16-17,20-21H2,1-4H3/t23-,24-,27+,28+/m1/s1. The summed E-state index contributed by atoms with van der Waals surface area (Å²) < 4.78 is 32.7. The van der Waals surface area contributed by atoms with Gasteiger partial charge in [0.05, 0.1) is 64.3 Å². The van der Waals surface area contributed by atoms with Crippen molar-refractivity contribution in [3.05, 3.63) is 51.6 Å². The van der Waals surface area contributed by atoms with E-state index in [1.54, 1.807) is 18.2 Å². The summed E-state index contributed by atoms with van der Waals surface area (Å²) >= 11 is 0. The van der Waals surface area contributed by atoms with Crippen molar-refractivity contribution in [3.8, 4) is 23.0 Å². The Morgan fingerprint density at radius 3 is 1.79 bits per heavy atom. The first-order valence-electron chi connectivity index (χ1n) is 17.5. The number of amides is 2. The Balaban J connectivity index is 1.34. The Bertz CT molecular complexity index is 1630. The van der Waals surface area contributed by atoms with Crippen molar-refractivity contribution in [2.24, 2.45) is 0 Å². The number of nitro benzene ring substituents is 1. The van der Waals surface area contributed by atoms with Crippen LogP contribution in [0.3, 0.4) is 0 Å². The largest absolute Gasteiger partial charge is 0.493 e. The Kier molecular flexibility index (Phi) is 14.6. The lowest BCUT2D eigenvalue weighted by molar-refractivity contribution is -0.385. The minimum atomic E-state index is -1.09. The molecule has 2 aliphatic rings. The summed E-state index contributed by atoms with van der Waals surface area (Å²) in [4.78, 5) is 64.8. The smallest absolute Gasteiger partial charge is 0.328 e. The fourth-order valence-corrected chi connectivity index (χ4v) is 6.20. The lowest BCUT2D eigenvalue weighted by Crippen LogP contribution is -2.41. The van der Waals surface area contributed by atoms with Crippen molar-refractivity contribution >= 4 is 29.4 Å². The van der Waals surface area contributed by atoms with E-state index in [9.17, 15) is 39.5 Å². The number of unbranched alkanes of at least 4 members (excludes halogenated alkanes) is 3. The summed E-state index contributed by atoms with van der Waals surface area (Å²) in [5, 5.41) is 32.2. The molecule has 17 nitrogen and oxygen atoms in total. The van der Waals surface area contributed by atoms with Gasteiger partial charge >= 0.3 is 11.9 Å². The molecule has 0 spiro atoms. The van der Waals surface area contributed by atoms with Gasteiger partial charge in [-0.15, -0.1) is 0 Å². The van der Waals surface area contributed by atoms with Crippen molar-refractivity contribution < 1.29 is 62.7 Å². The van der Waals surface area contributed by atoms with Crippen LogP contribution in [0.25, 0.3) is 0 Å². The lowest BCUT2D eigenvalue weighted by Gasteiger charge is -2.23. The summed E-state index contributed by atoms with van der Waals surface area (Å²) in [6.07, 6.45) is 1.70. The van der Waals surface area contributed by atoms with Crippen molar-refractivity contribution in [1.29, 1.82) is 0 Å². The highest BCUT2D eigenvalue weighted by molar-refractivity contribution is 6.01. The maximum Gasteiger partial charge on any atom is 0.328 e. The second-order valence-electron chi connectivity index (χ2n) is 12.7. The molecule has 17 heteroatoms. The molecule has 4 atom stereocenters. The van der Waals surface area contributed by atoms with E-state index in [4.69, 9.17) is 28.4 Å². The van der Waals surface area contributed by atoms with Gasteiger partial charge in [-0.2, -0.15) is 0 Å². The van der Waals surface area contributed by atoms with Crippen molar-refractivity contribution in [1.82, 2.24) is 9.80 Å². The molecule has 0 aliphatic carbocycles. The van der Waals surface area contributed by atoms with Crippen LogP contribution in [0.4, 0.5) is 5.69 Å². The summed E-state index contributed by atoms with van der Waals surface area (Å²) in [5.41, 5.74) is -0.595. The van der Waals surface area contributed by atoms with E-state index >= 15 is 0 Å². The second kappa shape index (κ2) is 19.1. The number of rotatable bonds is 18. The Labute approximate surface area is 306 Å². The summed E-state index contributed by atoms with van der Waals surface area (Å²) in [7, 11) is 3.71. The fraction of sp³-hybridized carbons (Fsp3) is 0.556. The monoisotopic (exact) mass is 745 g/mol. The molecule has 0 bridgehead atoms. The third-order valence-electron chi connectivity index (χ3n) is 8.99. The quantitative estimate of drug-likeness (QED) is 0.0972. The second-order valence-corrected chi connectivity index (χ2v) is 12.7. The molecule has 2 aromatic rings. The van der Waals surface area contributed by atoms with Crippen LogP contribution in [0.1, 0.15) is 72.6 Å². The zero-order chi connectivity index (χ0) is 38.7. The first-order chi connectivity index (χ1) is 25.4. The maximum atomic E-state index is 13.4. The molecule has 2 heterocycles. The Morgan fingerprint density at radius 2 is 1.26 bits per heavy atom. The predicted octanol–water partition coefficient (Wildman–Crippen LogP) is 2.91. The molecule has 2 aliphatic heterocycles.